The molecule has 1 atom stereocenters. The average Bonchev–Trinajstić information content (AvgIpc) is 3.78. The van der Waals surface area contributed by atoms with Crippen LogP contribution in [-0.4, -0.2) is 65.6 Å². The topological polar surface area (TPSA) is 88.2 Å². The number of benzene rings is 2. The van der Waals surface area contributed by atoms with Crippen molar-refractivity contribution in [3.8, 4) is 22.4 Å². The number of sulfone groups is 1. The molecule has 3 heterocycles. The van der Waals surface area contributed by atoms with Crippen LogP contribution in [0.15, 0.2) is 59.6 Å². The minimum Gasteiger partial charge on any atom is -0.379 e. The monoisotopic (exact) mass is 542 g/mol. The molecule has 0 spiro atoms. The molecule has 2 aromatic carbocycles. The summed E-state index contributed by atoms with van der Waals surface area (Å²) in [5.41, 5.74) is 7.70. The van der Waals surface area contributed by atoms with Gasteiger partial charge in [-0.1, -0.05) is 30.3 Å². The van der Waals surface area contributed by atoms with Crippen molar-refractivity contribution in [2.75, 3.05) is 26.3 Å². The number of aromatic amines is 1. The van der Waals surface area contributed by atoms with Crippen LogP contribution in [0.1, 0.15) is 43.7 Å². The Morgan fingerprint density at radius 2 is 1.64 bits per heavy atom. The molecule has 3 aliphatic rings. The van der Waals surface area contributed by atoms with Crippen LogP contribution >= 0.6 is 0 Å². The van der Waals surface area contributed by atoms with E-state index in [0.29, 0.717) is 4.90 Å². The Morgan fingerprint density at radius 3 is 2.38 bits per heavy atom. The van der Waals surface area contributed by atoms with Crippen molar-refractivity contribution in [3.05, 3.63) is 65.9 Å². The van der Waals surface area contributed by atoms with Gasteiger partial charge in [-0.15, -0.1) is 0 Å². The van der Waals surface area contributed by atoms with Gasteiger partial charge in [-0.25, -0.2) is 13.4 Å². The predicted octanol–water partition coefficient (Wildman–Crippen LogP) is 5.20. The summed E-state index contributed by atoms with van der Waals surface area (Å²) in [4.78, 5) is 7.70. The number of rotatable bonds is 5. The molecule has 7 nitrogen and oxygen atoms in total. The average molecular weight is 543 g/mol. The minimum absolute atomic E-state index is 0.211. The van der Waals surface area contributed by atoms with Crippen LogP contribution in [0.5, 0.6) is 0 Å². The molecule has 202 valence electrons. The highest BCUT2D eigenvalue weighted by Crippen LogP contribution is 2.37. The van der Waals surface area contributed by atoms with Crippen molar-refractivity contribution in [3.63, 3.8) is 0 Å². The molecule has 2 aromatic heterocycles. The number of H-pyrrole nitrogens is 1. The van der Waals surface area contributed by atoms with Gasteiger partial charge >= 0.3 is 0 Å². The fourth-order valence-electron chi connectivity index (χ4n) is 6.29. The van der Waals surface area contributed by atoms with Crippen molar-refractivity contribution in [1.82, 2.24) is 20.1 Å². The summed E-state index contributed by atoms with van der Waals surface area (Å²) in [6.07, 6.45) is 7.92. The number of fused-ring (bicyclic) bond motifs is 2. The molecule has 2 fully saturated rings. The second-order valence-corrected chi connectivity index (χ2v) is 13.8. The van der Waals surface area contributed by atoms with Gasteiger partial charge < -0.3 is 4.74 Å². The molecule has 0 radical (unpaired) electrons. The lowest BCUT2D eigenvalue weighted by molar-refractivity contribution is -0.0215. The summed E-state index contributed by atoms with van der Waals surface area (Å²) in [7, 11) is -3.21. The lowest BCUT2D eigenvalue weighted by Gasteiger charge is -2.43. The van der Waals surface area contributed by atoms with E-state index in [4.69, 9.17) is 4.74 Å². The van der Waals surface area contributed by atoms with Crippen LogP contribution in [-0.2, 0) is 27.4 Å². The van der Waals surface area contributed by atoms with Crippen LogP contribution in [0.4, 0.5) is 0 Å². The molecular weight excluding hydrogens is 508 g/mol. The summed E-state index contributed by atoms with van der Waals surface area (Å²) in [6.45, 7) is 6.15. The first-order valence-corrected chi connectivity index (χ1v) is 15.6. The molecular formula is C31H34N4O3S. The van der Waals surface area contributed by atoms with Crippen LogP contribution in [0.2, 0.25) is 0 Å². The highest BCUT2D eigenvalue weighted by Gasteiger charge is 2.37. The van der Waals surface area contributed by atoms with E-state index < -0.39 is 9.84 Å². The Labute approximate surface area is 229 Å². The zero-order chi connectivity index (χ0) is 26.6. The maximum absolute atomic E-state index is 12.6. The van der Waals surface area contributed by atoms with Gasteiger partial charge in [0.25, 0.3) is 0 Å². The first kappa shape index (κ1) is 24.9. The molecule has 0 bridgehead atoms. The zero-order valence-electron chi connectivity index (χ0n) is 22.3. The fourth-order valence-corrected chi connectivity index (χ4v) is 7.95. The van der Waals surface area contributed by atoms with Crippen molar-refractivity contribution < 1.29 is 13.2 Å². The van der Waals surface area contributed by atoms with Crippen LogP contribution in [0.3, 0.4) is 0 Å². The Kier molecular flexibility index (Phi) is 6.10. The Hall–Kier alpha value is -3.07. The normalized spacial score (nSPS) is 22.5. The largest absolute Gasteiger partial charge is 0.379 e. The number of pyridine rings is 1. The standard InChI is InChI=1S/C31H34N4O3S/c1-31(35-14-16-38-17-15-35)12-10-21-2-3-23(18-24(21)11-13-31)25-19-28-29(33-34-30(28)32-20-25)22-4-6-26(7-5-22)39(36,37)27-8-9-27/h2-7,18-20,27H,8-17H2,1H3,(H,32,33,34). The van der Waals surface area contributed by atoms with Gasteiger partial charge in [-0.2, -0.15) is 5.10 Å². The van der Waals surface area contributed by atoms with Crippen molar-refractivity contribution in [2.45, 2.75) is 61.1 Å². The van der Waals surface area contributed by atoms with Gasteiger partial charge in [0.1, 0.15) is 5.69 Å². The van der Waals surface area contributed by atoms with E-state index in [1.165, 1.54) is 17.5 Å². The van der Waals surface area contributed by atoms with Gasteiger partial charge in [0.15, 0.2) is 15.5 Å². The molecule has 1 N–H and O–H groups in total. The molecule has 2 aliphatic carbocycles. The lowest BCUT2D eigenvalue weighted by atomic mass is 9.89. The number of aryl methyl sites for hydroxylation is 2. The second kappa shape index (κ2) is 9.54. The van der Waals surface area contributed by atoms with Crippen molar-refractivity contribution >= 4 is 20.9 Å². The summed E-state index contributed by atoms with van der Waals surface area (Å²) in [6, 6.07) is 16.1. The molecule has 1 saturated carbocycles. The Bertz CT molecular complexity index is 1640. The van der Waals surface area contributed by atoms with Gasteiger partial charge in [0.2, 0.25) is 0 Å². The SMILES string of the molecule is CC1(N2CCOCC2)CCc2ccc(-c3cnc4[nH]nc(-c5ccc(S(=O)(=O)C6CC6)cc5)c4c3)cc2CC1. The van der Waals surface area contributed by atoms with E-state index in [-0.39, 0.29) is 10.8 Å². The van der Waals surface area contributed by atoms with Crippen LogP contribution in [0.25, 0.3) is 33.4 Å². The second-order valence-electron chi connectivity index (χ2n) is 11.5. The number of hydrogen-bond donors (Lipinski definition) is 1. The third kappa shape index (κ3) is 4.58. The Balaban J connectivity index is 1.17. The maximum atomic E-state index is 12.6. The van der Waals surface area contributed by atoms with E-state index >= 15 is 0 Å². The minimum atomic E-state index is -3.21. The number of nitrogens with one attached hydrogen (secondary N) is 1. The molecule has 39 heavy (non-hydrogen) atoms. The molecule has 8 heteroatoms. The predicted molar refractivity (Wildman–Crippen MR) is 152 cm³/mol. The van der Waals surface area contributed by atoms with E-state index in [1.54, 1.807) is 12.1 Å². The van der Waals surface area contributed by atoms with Crippen molar-refractivity contribution in [2.24, 2.45) is 0 Å². The van der Waals surface area contributed by atoms with E-state index in [2.05, 4.69) is 51.3 Å². The quantitative estimate of drug-likeness (QED) is 0.349. The molecule has 0 amide bonds. The number of aromatic nitrogens is 3. The summed E-state index contributed by atoms with van der Waals surface area (Å²) in [5.74, 6) is 0. The van der Waals surface area contributed by atoms with Gasteiger partial charge in [0, 0.05) is 41.3 Å². The highest BCUT2D eigenvalue weighted by atomic mass is 32.2. The van der Waals surface area contributed by atoms with Crippen LogP contribution < -0.4 is 0 Å². The smallest absolute Gasteiger partial charge is 0.181 e. The van der Waals surface area contributed by atoms with Crippen molar-refractivity contribution in [1.29, 1.82) is 0 Å². The summed E-state index contributed by atoms with van der Waals surface area (Å²) in [5, 5.41) is 8.29. The third-order valence-electron chi connectivity index (χ3n) is 9.02. The maximum Gasteiger partial charge on any atom is 0.181 e. The molecule has 7 rings (SSSR count). The van der Waals surface area contributed by atoms with Gasteiger partial charge in [-0.05, 0) is 80.3 Å². The van der Waals surface area contributed by atoms with E-state index in [0.717, 1.165) is 91.8 Å². The van der Waals surface area contributed by atoms with E-state index in [9.17, 15) is 8.42 Å². The number of morpholine rings is 1. The number of hydrogen-bond acceptors (Lipinski definition) is 6. The summed E-state index contributed by atoms with van der Waals surface area (Å²) >= 11 is 0. The number of ether oxygens (including phenoxy) is 1. The first-order chi connectivity index (χ1) is 18.9. The highest BCUT2D eigenvalue weighted by molar-refractivity contribution is 7.92. The first-order valence-electron chi connectivity index (χ1n) is 14.0. The van der Waals surface area contributed by atoms with Crippen LogP contribution in [0, 0.1) is 0 Å². The van der Waals surface area contributed by atoms with Gasteiger partial charge in [-0.3, -0.25) is 10.00 Å². The molecule has 1 aliphatic heterocycles. The molecule has 1 saturated heterocycles. The Morgan fingerprint density at radius 1 is 0.923 bits per heavy atom. The van der Waals surface area contributed by atoms with E-state index in [1.807, 2.05) is 18.3 Å². The molecule has 1 unspecified atom stereocenters. The zero-order valence-corrected chi connectivity index (χ0v) is 23.1. The number of nitrogens with zero attached hydrogens (tertiary/aromatic N) is 3. The summed E-state index contributed by atoms with van der Waals surface area (Å²) < 4.78 is 30.8. The lowest BCUT2D eigenvalue weighted by Crippen LogP contribution is -2.51. The van der Waals surface area contributed by atoms with Gasteiger partial charge in [0.05, 0.1) is 23.4 Å². The molecule has 4 aromatic rings. The fraction of sp³-hybridized carbons (Fsp3) is 0.419. The third-order valence-corrected chi connectivity index (χ3v) is 11.3.